The summed E-state index contributed by atoms with van der Waals surface area (Å²) in [4.78, 5) is 17.9. The van der Waals surface area contributed by atoms with Crippen LogP contribution in [-0.2, 0) is 0 Å². The van der Waals surface area contributed by atoms with E-state index in [9.17, 15) is 4.79 Å². The third-order valence-corrected chi connectivity index (χ3v) is 2.87. The summed E-state index contributed by atoms with van der Waals surface area (Å²) in [6.07, 6.45) is 1.54. The van der Waals surface area contributed by atoms with Gasteiger partial charge in [0.1, 0.15) is 6.07 Å². The maximum Gasteiger partial charge on any atom is 0.261 e. The first-order valence-corrected chi connectivity index (χ1v) is 5.88. The number of nitriles is 1. The number of hydrogen-bond donors (Lipinski definition) is 2. The smallest absolute Gasteiger partial charge is 0.261 e. The van der Waals surface area contributed by atoms with Gasteiger partial charge >= 0.3 is 0 Å². The van der Waals surface area contributed by atoms with Gasteiger partial charge < -0.3 is 10.3 Å². The Balaban J connectivity index is 2.41. The van der Waals surface area contributed by atoms with Crippen molar-refractivity contribution in [2.75, 3.05) is 17.4 Å². The third-order valence-electron chi connectivity index (χ3n) is 2.87. The molecule has 1 aromatic carbocycles. The molecule has 6 nitrogen and oxygen atoms in total. The molecular weight excluding hydrogens is 254 g/mol. The standard InChI is InChI=1S/C14H13N5O/c1-19(12-7-3-2-5-10(12)9-15)14(20)11-6-4-8-17-13(11)18-16/h2-8H,16H2,1H3,(H,17,18). The molecule has 0 bridgehead atoms. The lowest BCUT2D eigenvalue weighted by atomic mass is 10.1. The molecule has 3 N–H and O–H groups in total. The number of benzene rings is 1. The van der Waals surface area contributed by atoms with E-state index in [-0.39, 0.29) is 5.91 Å². The number of para-hydroxylation sites is 1. The van der Waals surface area contributed by atoms with Gasteiger partial charge in [-0.1, -0.05) is 12.1 Å². The summed E-state index contributed by atoms with van der Waals surface area (Å²) in [5.41, 5.74) is 3.69. The van der Waals surface area contributed by atoms with Crippen molar-refractivity contribution in [3.05, 3.63) is 53.7 Å². The van der Waals surface area contributed by atoms with E-state index in [1.165, 1.54) is 11.1 Å². The summed E-state index contributed by atoms with van der Waals surface area (Å²) in [5.74, 6) is 5.34. The number of nitrogens with zero attached hydrogens (tertiary/aromatic N) is 3. The molecule has 20 heavy (non-hydrogen) atoms. The molecule has 0 radical (unpaired) electrons. The molecule has 1 amide bonds. The Morgan fingerprint density at radius 3 is 2.80 bits per heavy atom. The highest BCUT2D eigenvalue weighted by molar-refractivity contribution is 6.09. The molecule has 2 rings (SSSR count). The lowest BCUT2D eigenvalue weighted by Crippen LogP contribution is -2.28. The minimum absolute atomic E-state index is 0.291. The number of pyridine rings is 1. The van der Waals surface area contributed by atoms with Crippen LogP contribution in [0.25, 0.3) is 0 Å². The van der Waals surface area contributed by atoms with Crippen molar-refractivity contribution in [2.45, 2.75) is 0 Å². The molecule has 0 atom stereocenters. The second kappa shape index (κ2) is 5.82. The van der Waals surface area contributed by atoms with Gasteiger partial charge in [-0.05, 0) is 24.3 Å². The molecule has 0 aliphatic heterocycles. The van der Waals surface area contributed by atoms with Crippen molar-refractivity contribution in [3.8, 4) is 6.07 Å². The van der Waals surface area contributed by atoms with Crippen LogP contribution < -0.4 is 16.2 Å². The fourth-order valence-electron chi connectivity index (χ4n) is 1.84. The van der Waals surface area contributed by atoms with Crippen LogP contribution in [0.4, 0.5) is 11.5 Å². The summed E-state index contributed by atoms with van der Waals surface area (Å²) in [6.45, 7) is 0. The van der Waals surface area contributed by atoms with Gasteiger partial charge in [0.2, 0.25) is 0 Å². The van der Waals surface area contributed by atoms with Gasteiger partial charge in [0, 0.05) is 13.2 Å². The second-order valence-electron chi connectivity index (χ2n) is 4.04. The molecule has 6 heteroatoms. The van der Waals surface area contributed by atoms with E-state index in [0.717, 1.165) is 0 Å². The molecule has 0 aliphatic carbocycles. The van der Waals surface area contributed by atoms with Crippen LogP contribution in [0.5, 0.6) is 0 Å². The first-order valence-electron chi connectivity index (χ1n) is 5.88. The Morgan fingerprint density at radius 2 is 2.10 bits per heavy atom. The quantitative estimate of drug-likeness (QED) is 0.649. The predicted octanol–water partition coefficient (Wildman–Crippen LogP) is 1.52. The zero-order chi connectivity index (χ0) is 14.5. The second-order valence-corrected chi connectivity index (χ2v) is 4.04. The minimum Gasteiger partial charge on any atom is -0.310 e. The molecule has 2 aromatic rings. The van der Waals surface area contributed by atoms with Crippen molar-refractivity contribution >= 4 is 17.4 Å². The maximum absolute atomic E-state index is 12.5. The van der Waals surface area contributed by atoms with E-state index in [1.54, 1.807) is 43.4 Å². The third kappa shape index (κ3) is 2.43. The van der Waals surface area contributed by atoms with Crippen LogP contribution in [0.1, 0.15) is 15.9 Å². The van der Waals surface area contributed by atoms with E-state index < -0.39 is 0 Å². The zero-order valence-corrected chi connectivity index (χ0v) is 10.9. The molecule has 0 aliphatic rings. The van der Waals surface area contributed by atoms with E-state index in [4.69, 9.17) is 11.1 Å². The SMILES string of the molecule is CN(C(=O)c1cccnc1NN)c1ccccc1C#N. The summed E-state index contributed by atoms with van der Waals surface area (Å²) >= 11 is 0. The molecule has 0 unspecified atom stereocenters. The number of nitrogens with one attached hydrogen (secondary N) is 1. The Labute approximate surface area is 116 Å². The van der Waals surface area contributed by atoms with Gasteiger partial charge in [-0.15, -0.1) is 0 Å². The zero-order valence-electron chi connectivity index (χ0n) is 10.9. The average molecular weight is 267 g/mol. The molecule has 0 saturated carbocycles. The van der Waals surface area contributed by atoms with E-state index in [0.29, 0.717) is 22.6 Å². The van der Waals surface area contributed by atoms with Crippen molar-refractivity contribution in [1.29, 1.82) is 5.26 Å². The summed E-state index contributed by atoms with van der Waals surface area (Å²) in [7, 11) is 1.60. The van der Waals surface area contributed by atoms with Crippen molar-refractivity contribution in [1.82, 2.24) is 4.98 Å². The fourth-order valence-corrected chi connectivity index (χ4v) is 1.84. The van der Waals surface area contributed by atoms with Gasteiger partial charge in [-0.2, -0.15) is 5.26 Å². The Hall–Kier alpha value is -2.91. The molecular formula is C14H13N5O. The number of rotatable bonds is 3. The predicted molar refractivity (Wildman–Crippen MR) is 75.9 cm³/mol. The molecule has 0 spiro atoms. The van der Waals surface area contributed by atoms with E-state index in [2.05, 4.69) is 16.5 Å². The number of nitrogens with two attached hydrogens (primary N) is 1. The highest BCUT2D eigenvalue weighted by atomic mass is 16.2. The summed E-state index contributed by atoms with van der Waals surface area (Å²) in [5, 5.41) is 9.09. The minimum atomic E-state index is -0.297. The van der Waals surface area contributed by atoms with Crippen LogP contribution >= 0.6 is 0 Å². The normalized spacial score (nSPS) is 9.65. The largest absolute Gasteiger partial charge is 0.310 e. The molecule has 0 fully saturated rings. The summed E-state index contributed by atoms with van der Waals surface area (Å²) < 4.78 is 0. The molecule has 1 aromatic heterocycles. The van der Waals surface area contributed by atoms with Crippen molar-refractivity contribution < 1.29 is 4.79 Å². The number of nitrogen functional groups attached to an aromatic ring is 1. The molecule has 1 heterocycles. The first-order chi connectivity index (χ1) is 9.69. The number of anilines is 2. The number of carbonyl (C=O) groups is 1. The number of aromatic nitrogens is 1. The number of hydrogen-bond acceptors (Lipinski definition) is 5. The fraction of sp³-hybridized carbons (Fsp3) is 0.0714. The molecule has 0 saturated heterocycles. The number of carbonyl (C=O) groups excluding carboxylic acids is 1. The highest BCUT2D eigenvalue weighted by Crippen LogP contribution is 2.22. The number of amides is 1. The van der Waals surface area contributed by atoms with E-state index >= 15 is 0 Å². The van der Waals surface area contributed by atoms with Crippen molar-refractivity contribution in [2.24, 2.45) is 5.84 Å². The Kier molecular flexibility index (Phi) is 3.93. The maximum atomic E-state index is 12.5. The Bertz CT molecular complexity index is 677. The molecule has 100 valence electrons. The topological polar surface area (TPSA) is 95.0 Å². The lowest BCUT2D eigenvalue weighted by Gasteiger charge is -2.19. The van der Waals surface area contributed by atoms with Crippen LogP contribution in [0, 0.1) is 11.3 Å². The van der Waals surface area contributed by atoms with E-state index in [1.807, 2.05) is 0 Å². The van der Waals surface area contributed by atoms with Crippen LogP contribution in [0.3, 0.4) is 0 Å². The Morgan fingerprint density at radius 1 is 1.35 bits per heavy atom. The first kappa shape index (κ1) is 13.5. The van der Waals surface area contributed by atoms with Gasteiger partial charge in [-0.25, -0.2) is 10.8 Å². The van der Waals surface area contributed by atoms with Crippen LogP contribution in [0.15, 0.2) is 42.6 Å². The van der Waals surface area contributed by atoms with Gasteiger partial charge in [0.05, 0.1) is 16.8 Å². The monoisotopic (exact) mass is 267 g/mol. The summed E-state index contributed by atoms with van der Waals surface area (Å²) in [6, 6.07) is 12.2. The van der Waals surface area contributed by atoms with Crippen LogP contribution in [-0.4, -0.2) is 17.9 Å². The van der Waals surface area contributed by atoms with Gasteiger partial charge in [0.25, 0.3) is 5.91 Å². The van der Waals surface area contributed by atoms with Gasteiger partial charge in [-0.3, -0.25) is 4.79 Å². The lowest BCUT2D eigenvalue weighted by molar-refractivity contribution is 0.0993. The van der Waals surface area contributed by atoms with Crippen molar-refractivity contribution in [3.63, 3.8) is 0 Å². The highest BCUT2D eigenvalue weighted by Gasteiger charge is 2.19. The average Bonchev–Trinajstić information content (AvgIpc) is 2.53. The van der Waals surface area contributed by atoms with Crippen LogP contribution in [0.2, 0.25) is 0 Å². The van der Waals surface area contributed by atoms with Gasteiger partial charge in [0.15, 0.2) is 5.82 Å². The number of hydrazine groups is 1.